The lowest BCUT2D eigenvalue weighted by molar-refractivity contribution is 0.611. The van der Waals surface area contributed by atoms with Gasteiger partial charge in [-0.25, -0.2) is 4.98 Å². The number of anilines is 2. The molecule has 1 aromatic heterocycles. The van der Waals surface area contributed by atoms with Crippen LogP contribution in [-0.4, -0.2) is 35.3 Å². The molecule has 2 heterocycles. The molecule has 1 aromatic carbocycles. The molecule has 0 aliphatic carbocycles. The molecule has 1 aliphatic heterocycles. The Morgan fingerprint density at radius 1 is 1.13 bits per heavy atom. The number of hydrogen-bond donors (Lipinski definition) is 1. The number of rotatable bonds is 5. The Morgan fingerprint density at radius 2 is 1.91 bits per heavy atom. The number of nitrogens with zero attached hydrogens (tertiary/aromatic N) is 4. The Kier molecular flexibility index (Phi) is 4.74. The minimum atomic E-state index is 0.488. The number of aromatic nitrogens is 3. The van der Waals surface area contributed by atoms with Crippen LogP contribution in [0.15, 0.2) is 24.3 Å². The summed E-state index contributed by atoms with van der Waals surface area (Å²) in [6.07, 6.45) is 2.91. The molecule has 1 atom stereocenters. The van der Waals surface area contributed by atoms with E-state index in [0.29, 0.717) is 11.9 Å². The predicted octanol–water partition coefficient (Wildman–Crippen LogP) is 3.03. The second-order valence-electron chi connectivity index (χ2n) is 6.08. The molecule has 0 saturated heterocycles. The summed E-state index contributed by atoms with van der Waals surface area (Å²) in [5.74, 6) is 1.14. The molecule has 0 saturated carbocycles. The van der Waals surface area contributed by atoms with E-state index >= 15 is 0 Å². The highest BCUT2D eigenvalue weighted by atomic mass is 15.2. The van der Waals surface area contributed by atoms with Crippen LogP contribution < -0.4 is 10.2 Å². The zero-order valence-corrected chi connectivity index (χ0v) is 14.2. The summed E-state index contributed by atoms with van der Waals surface area (Å²) < 4.78 is 0. The molecule has 0 radical (unpaired) electrons. The van der Waals surface area contributed by atoms with Crippen LogP contribution in [-0.2, 0) is 12.8 Å². The van der Waals surface area contributed by atoms with E-state index in [4.69, 9.17) is 0 Å². The summed E-state index contributed by atoms with van der Waals surface area (Å²) in [7, 11) is 2.16. The third-order valence-corrected chi connectivity index (χ3v) is 4.62. The van der Waals surface area contributed by atoms with Gasteiger partial charge in [0.05, 0.1) is 11.4 Å². The molecule has 5 nitrogen and oxygen atoms in total. The lowest BCUT2D eigenvalue weighted by Gasteiger charge is -2.33. The quantitative estimate of drug-likeness (QED) is 0.920. The third kappa shape index (κ3) is 3.28. The van der Waals surface area contributed by atoms with Crippen molar-refractivity contribution in [3.05, 3.63) is 41.2 Å². The minimum absolute atomic E-state index is 0.488. The van der Waals surface area contributed by atoms with E-state index in [1.165, 1.54) is 11.3 Å². The van der Waals surface area contributed by atoms with Crippen LogP contribution in [0, 0.1) is 0 Å². The number of nitrogens with one attached hydrogen (secondary N) is 1. The number of hydrogen-bond acceptors (Lipinski definition) is 5. The molecule has 1 unspecified atom stereocenters. The monoisotopic (exact) mass is 311 g/mol. The summed E-state index contributed by atoms with van der Waals surface area (Å²) in [5.41, 5.74) is 4.79. The van der Waals surface area contributed by atoms with E-state index in [2.05, 4.69) is 70.6 Å². The van der Waals surface area contributed by atoms with Crippen molar-refractivity contribution in [3.8, 4) is 0 Å². The maximum absolute atomic E-state index is 4.62. The molecule has 23 heavy (non-hydrogen) atoms. The summed E-state index contributed by atoms with van der Waals surface area (Å²) >= 11 is 0. The van der Waals surface area contributed by atoms with Gasteiger partial charge in [-0.15, -0.1) is 5.10 Å². The first-order valence-electron chi connectivity index (χ1n) is 8.49. The van der Waals surface area contributed by atoms with Crippen LogP contribution >= 0.6 is 0 Å². The number of fused-ring (bicyclic) bond motifs is 1. The van der Waals surface area contributed by atoms with Crippen molar-refractivity contribution < 1.29 is 0 Å². The molecule has 0 spiro atoms. The predicted molar refractivity (Wildman–Crippen MR) is 94.1 cm³/mol. The molecule has 0 bridgehead atoms. The van der Waals surface area contributed by atoms with Crippen molar-refractivity contribution in [2.45, 2.75) is 39.0 Å². The van der Waals surface area contributed by atoms with Crippen molar-refractivity contribution in [1.82, 2.24) is 15.2 Å². The second kappa shape index (κ2) is 6.94. The molecule has 122 valence electrons. The first-order chi connectivity index (χ1) is 11.2. The van der Waals surface area contributed by atoms with E-state index in [9.17, 15) is 0 Å². The van der Waals surface area contributed by atoms with Gasteiger partial charge in [-0.3, -0.25) is 0 Å². The van der Waals surface area contributed by atoms with Crippen molar-refractivity contribution in [1.29, 1.82) is 0 Å². The Morgan fingerprint density at radius 3 is 2.70 bits per heavy atom. The SMILES string of the molecule is CCc1nnc(NCC2CCN(C)c3ccccc32)nc1CC. The van der Waals surface area contributed by atoms with Gasteiger partial charge in [0.2, 0.25) is 5.95 Å². The van der Waals surface area contributed by atoms with Crippen molar-refractivity contribution in [2.75, 3.05) is 30.4 Å². The molecule has 0 amide bonds. The first-order valence-corrected chi connectivity index (χ1v) is 8.49. The van der Waals surface area contributed by atoms with E-state index in [1.54, 1.807) is 0 Å². The third-order valence-electron chi connectivity index (χ3n) is 4.62. The lowest BCUT2D eigenvalue weighted by Crippen LogP contribution is -2.30. The molecular formula is C18H25N5. The normalized spacial score (nSPS) is 17.0. The second-order valence-corrected chi connectivity index (χ2v) is 6.08. The van der Waals surface area contributed by atoms with Crippen molar-refractivity contribution in [3.63, 3.8) is 0 Å². The fourth-order valence-corrected chi connectivity index (χ4v) is 3.25. The van der Waals surface area contributed by atoms with Gasteiger partial charge >= 0.3 is 0 Å². The fraction of sp³-hybridized carbons (Fsp3) is 0.500. The van der Waals surface area contributed by atoms with Gasteiger partial charge in [0.15, 0.2) is 0 Å². The standard InChI is InChI=1S/C18H25N5/c1-4-15-16(5-2)21-22-18(20-15)19-12-13-10-11-23(3)17-9-7-6-8-14(13)17/h6-9,13H,4-5,10-12H2,1-3H3,(H,19,20,22). The average molecular weight is 311 g/mol. The summed E-state index contributed by atoms with van der Waals surface area (Å²) in [4.78, 5) is 6.95. The Hall–Kier alpha value is -2.17. The Labute approximate surface area is 138 Å². The van der Waals surface area contributed by atoms with E-state index in [-0.39, 0.29) is 0 Å². The van der Waals surface area contributed by atoms with Crippen LogP contribution in [0.1, 0.15) is 43.1 Å². The largest absolute Gasteiger partial charge is 0.374 e. The number of benzene rings is 1. The van der Waals surface area contributed by atoms with Crippen LogP contribution in [0.25, 0.3) is 0 Å². The average Bonchev–Trinajstić information content (AvgIpc) is 2.61. The first kappa shape index (κ1) is 15.7. The van der Waals surface area contributed by atoms with Crippen molar-refractivity contribution >= 4 is 11.6 Å². The van der Waals surface area contributed by atoms with Gasteiger partial charge in [-0.2, -0.15) is 5.10 Å². The highest BCUT2D eigenvalue weighted by Crippen LogP contribution is 2.34. The van der Waals surface area contributed by atoms with Gasteiger partial charge < -0.3 is 10.2 Å². The van der Waals surface area contributed by atoms with Crippen molar-refractivity contribution in [2.24, 2.45) is 0 Å². The fourth-order valence-electron chi connectivity index (χ4n) is 3.25. The Bertz CT molecular complexity index is 670. The number of para-hydroxylation sites is 1. The molecule has 1 aliphatic rings. The van der Waals surface area contributed by atoms with E-state index in [0.717, 1.165) is 43.7 Å². The topological polar surface area (TPSA) is 53.9 Å². The van der Waals surface area contributed by atoms with Gasteiger partial charge in [0.1, 0.15) is 0 Å². The zero-order valence-electron chi connectivity index (χ0n) is 14.2. The van der Waals surface area contributed by atoms with Crippen LogP contribution in [0.5, 0.6) is 0 Å². The van der Waals surface area contributed by atoms with Crippen LogP contribution in [0.3, 0.4) is 0 Å². The molecule has 3 rings (SSSR count). The van der Waals surface area contributed by atoms with Gasteiger partial charge in [0.25, 0.3) is 0 Å². The molecule has 5 heteroatoms. The maximum atomic E-state index is 4.62. The van der Waals surface area contributed by atoms with Gasteiger partial charge in [-0.1, -0.05) is 32.0 Å². The summed E-state index contributed by atoms with van der Waals surface area (Å²) in [6.45, 7) is 6.13. The highest BCUT2D eigenvalue weighted by Gasteiger charge is 2.22. The zero-order chi connectivity index (χ0) is 16.2. The summed E-state index contributed by atoms with van der Waals surface area (Å²) in [5, 5.41) is 11.9. The van der Waals surface area contributed by atoms with Crippen LogP contribution in [0.4, 0.5) is 11.6 Å². The highest BCUT2D eigenvalue weighted by molar-refractivity contribution is 5.57. The molecular weight excluding hydrogens is 286 g/mol. The van der Waals surface area contributed by atoms with Gasteiger partial charge in [-0.05, 0) is 30.9 Å². The molecule has 1 N–H and O–H groups in total. The van der Waals surface area contributed by atoms with Gasteiger partial charge in [0, 0.05) is 31.7 Å². The van der Waals surface area contributed by atoms with Crippen LogP contribution in [0.2, 0.25) is 0 Å². The minimum Gasteiger partial charge on any atom is -0.374 e. The van der Waals surface area contributed by atoms with E-state index in [1.807, 2.05) is 0 Å². The number of aryl methyl sites for hydroxylation is 2. The van der Waals surface area contributed by atoms with E-state index < -0.39 is 0 Å². The maximum Gasteiger partial charge on any atom is 0.242 e. The molecule has 2 aromatic rings. The smallest absolute Gasteiger partial charge is 0.242 e. The Balaban J connectivity index is 1.73. The summed E-state index contributed by atoms with van der Waals surface area (Å²) in [6, 6.07) is 8.66. The lowest BCUT2D eigenvalue weighted by atomic mass is 9.90. The molecule has 0 fully saturated rings.